The highest BCUT2D eigenvalue weighted by atomic mass is 79.9. The number of likely N-dealkylation sites (tertiary alicyclic amines) is 1. The average Bonchev–Trinajstić information content (AvgIpc) is 2.55. The van der Waals surface area contributed by atoms with Crippen LogP contribution >= 0.6 is 15.9 Å². The van der Waals surface area contributed by atoms with Gasteiger partial charge < -0.3 is 5.32 Å². The molecule has 1 atom stereocenters. The van der Waals surface area contributed by atoms with Crippen molar-refractivity contribution in [2.75, 3.05) is 12.4 Å². The second kappa shape index (κ2) is 5.08. The smallest absolute Gasteiger partial charge is 0.373 e. The molecule has 0 aliphatic carbocycles. The van der Waals surface area contributed by atoms with Crippen molar-refractivity contribution in [2.45, 2.75) is 18.6 Å². The van der Waals surface area contributed by atoms with Gasteiger partial charge in [0.15, 0.2) is 0 Å². The first-order valence-corrected chi connectivity index (χ1v) is 6.43. The van der Waals surface area contributed by atoms with Crippen molar-refractivity contribution in [1.29, 1.82) is 0 Å². The number of anilines is 1. The maximum absolute atomic E-state index is 12.9. The number of rotatable bonds is 2. The van der Waals surface area contributed by atoms with Crippen LogP contribution in [0.4, 0.5) is 18.9 Å². The lowest BCUT2D eigenvalue weighted by molar-refractivity contribution is -0.138. The molecule has 0 spiro atoms. The van der Waals surface area contributed by atoms with Crippen LogP contribution in [0.2, 0.25) is 0 Å². The van der Waals surface area contributed by atoms with Gasteiger partial charge >= 0.3 is 6.18 Å². The normalized spacial score (nSPS) is 19.6. The SMILES string of the molecule is CN1C(=O)CC(Nc2cc(Br)ccc2C(F)(F)F)C1=O. The lowest BCUT2D eigenvalue weighted by Crippen LogP contribution is -2.32. The Morgan fingerprint density at radius 3 is 2.50 bits per heavy atom. The van der Waals surface area contributed by atoms with Crippen molar-refractivity contribution in [3.8, 4) is 0 Å². The number of carbonyl (C=O) groups is 2. The van der Waals surface area contributed by atoms with Gasteiger partial charge in [0.25, 0.3) is 5.91 Å². The first kappa shape index (κ1) is 14.8. The van der Waals surface area contributed by atoms with Crippen molar-refractivity contribution in [1.82, 2.24) is 4.90 Å². The molecule has 1 heterocycles. The zero-order valence-electron chi connectivity index (χ0n) is 10.3. The largest absolute Gasteiger partial charge is 0.418 e. The average molecular weight is 351 g/mol. The fourth-order valence-corrected chi connectivity index (χ4v) is 2.30. The molecule has 8 heteroatoms. The van der Waals surface area contributed by atoms with Crippen LogP contribution in [0, 0.1) is 0 Å². The Bertz CT molecular complexity index is 574. The second-order valence-electron chi connectivity index (χ2n) is 4.38. The molecule has 0 saturated carbocycles. The molecule has 1 aromatic rings. The van der Waals surface area contributed by atoms with Gasteiger partial charge in [-0.1, -0.05) is 15.9 Å². The summed E-state index contributed by atoms with van der Waals surface area (Å²) >= 11 is 3.08. The third-order valence-electron chi connectivity index (χ3n) is 3.00. The lowest BCUT2D eigenvalue weighted by Gasteiger charge is -2.18. The number of imide groups is 1. The van der Waals surface area contributed by atoms with Gasteiger partial charge in [-0.25, -0.2) is 0 Å². The summed E-state index contributed by atoms with van der Waals surface area (Å²) in [5.74, 6) is -0.959. The van der Waals surface area contributed by atoms with Gasteiger partial charge in [-0.3, -0.25) is 14.5 Å². The Morgan fingerprint density at radius 1 is 1.35 bits per heavy atom. The molecule has 4 nitrogen and oxygen atoms in total. The highest BCUT2D eigenvalue weighted by Crippen LogP contribution is 2.37. The van der Waals surface area contributed by atoms with Crippen LogP contribution in [-0.4, -0.2) is 29.8 Å². The fraction of sp³-hybridized carbons (Fsp3) is 0.333. The summed E-state index contributed by atoms with van der Waals surface area (Å²) in [7, 11) is 1.30. The van der Waals surface area contributed by atoms with E-state index in [0.717, 1.165) is 11.0 Å². The summed E-state index contributed by atoms with van der Waals surface area (Å²) < 4.78 is 39.1. The third kappa shape index (κ3) is 2.79. The molecule has 0 bridgehead atoms. The molecule has 2 rings (SSSR count). The molecular weight excluding hydrogens is 341 g/mol. The van der Waals surface area contributed by atoms with Crippen molar-refractivity contribution in [2.24, 2.45) is 0 Å². The van der Waals surface area contributed by atoms with Gasteiger partial charge in [-0.2, -0.15) is 13.2 Å². The zero-order valence-corrected chi connectivity index (χ0v) is 11.9. The van der Waals surface area contributed by atoms with Gasteiger partial charge in [0, 0.05) is 17.2 Å². The first-order chi connectivity index (χ1) is 9.20. The van der Waals surface area contributed by atoms with E-state index in [2.05, 4.69) is 21.2 Å². The number of hydrogen-bond donors (Lipinski definition) is 1. The summed E-state index contributed by atoms with van der Waals surface area (Å²) in [6.07, 6.45) is -4.69. The van der Waals surface area contributed by atoms with E-state index in [1.54, 1.807) is 0 Å². The standard InChI is InChI=1S/C12H10BrF3N2O2/c1-18-10(19)5-9(11(18)20)17-8-4-6(13)2-3-7(8)12(14,15)16/h2-4,9,17H,5H2,1H3. The van der Waals surface area contributed by atoms with Crippen LogP contribution in [0.1, 0.15) is 12.0 Å². The predicted octanol–water partition coefficient (Wildman–Crippen LogP) is 2.64. The first-order valence-electron chi connectivity index (χ1n) is 5.64. The number of nitrogens with one attached hydrogen (secondary N) is 1. The van der Waals surface area contributed by atoms with Crippen LogP contribution in [0.3, 0.4) is 0 Å². The van der Waals surface area contributed by atoms with E-state index in [9.17, 15) is 22.8 Å². The number of amides is 2. The number of likely N-dealkylation sites (N-methyl/N-ethyl adjacent to an activating group) is 1. The lowest BCUT2D eigenvalue weighted by atomic mass is 10.1. The Balaban J connectivity index is 2.32. The molecule has 108 valence electrons. The quantitative estimate of drug-likeness (QED) is 0.834. The zero-order chi connectivity index (χ0) is 15.1. The van der Waals surface area contributed by atoms with E-state index in [1.165, 1.54) is 19.2 Å². The van der Waals surface area contributed by atoms with Crippen LogP contribution in [-0.2, 0) is 15.8 Å². The van der Waals surface area contributed by atoms with E-state index < -0.39 is 29.6 Å². The van der Waals surface area contributed by atoms with Crippen molar-refractivity contribution in [3.05, 3.63) is 28.2 Å². The maximum Gasteiger partial charge on any atom is 0.418 e. The van der Waals surface area contributed by atoms with E-state index in [1.807, 2.05) is 0 Å². The Labute approximate surface area is 121 Å². The molecule has 0 aromatic heterocycles. The molecular formula is C12H10BrF3N2O2. The summed E-state index contributed by atoms with van der Waals surface area (Å²) in [5, 5.41) is 2.51. The Kier molecular flexibility index (Phi) is 3.77. The van der Waals surface area contributed by atoms with Gasteiger partial charge in [0.1, 0.15) is 6.04 Å². The Morgan fingerprint density at radius 2 is 2.00 bits per heavy atom. The summed E-state index contributed by atoms with van der Waals surface area (Å²) in [6, 6.07) is 2.45. The summed E-state index contributed by atoms with van der Waals surface area (Å²) in [5.41, 5.74) is -1.11. The van der Waals surface area contributed by atoms with Gasteiger partial charge in [-0.15, -0.1) is 0 Å². The van der Waals surface area contributed by atoms with Crippen LogP contribution in [0.5, 0.6) is 0 Å². The molecule has 1 unspecified atom stereocenters. The minimum atomic E-state index is -4.54. The van der Waals surface area contributed by atoms with Crippen LogP contribution in [0.15, 0.2) is 22.7 Å². The maximum atomic E-state index is 12.9. The van der Waals surface area contributed by atoms with Crippen molar-refractivity contribution < 1.29 is 22.8 Å². The van der Waals surface area contributed by atoms with E-state index in [-0.39, 0.29) is 12.1 Å². The molecule has 1 aliphatic rings. The number of hydrogen-bond acceptors (Lipinski definition) is 3. The van der Waals surface area contributed by atoms with E-state index >= 15 is 0 Å². The number of halogens is 4. The number of benzene rings is 1. The molecule has 1 fully saturated rings. The van der Waals surface area contributed by atoms with E-state index in [0.29, 0.717) is 4.47 Å². The molecule has 0 radical (unpaired) electrons. The molecule has 1 aromatic carbocycles. The van der Waals surface area contributed by atoms with Crippen molar-refractivity contribution in [3.63, 3.8) is 0 Å². The second-order valence-corrected chi connectivity index (χ2v) is 5.30. The van der Waals surface area contributed by atoms with Gasteiger partial charge in [0.2, 0.25) is 5.91 Å². The summed E-state index contributed by atoms with van der Waals surface area (Å²) in [4.78, 5) is 24.0. The third-order valence-corrected chi connectivity index (χ3v) is 3.49. The molecule has 1 saturated heterocycles. The van der Waals surface area contributed by atoms with Crippen LogP contribution in [0.25, 0.3) is 0 Å². The molecule has 20 heavy (non-hydrogen) atoms. The molecule has 2 amide bonds. The number of alkyl halides is 3. The minimum absolute atomic E-state index is 0.154. The van der Waals surface area contributed by atoms with Gasteiger partial charge in [-0.05, 0) is 18.2 Å². The minimum Gasteiger partial charge on any atom is -0.373 e. The van der Waals surface area contributed by atoms with E-state index in [4.69, 9.17) is 0 Å². The highest BCUT2D eigenvalue weighted by Gasteiger charge is 2.39. The van der Waals surface area contributed by atoms with Crippen LogP contribution < -0.4 is 5.32 Å². The number of nitrogens with zero attached hydrogens (tertiary/aromatic N) is 1. The van der Waals surface area contributed by atoms with Crippen molar-refractivity contribution >= 4 is 33.4 Å². The monoisotopic (exact) mass is 350 g/mol. The highest BCUT2D eigenvalue weighted by molar-refractivity contribution is 9.10. The Hall–Kier alpha value is -1.57. The fourth-order valence-electron chi connectivity index (χ4n) is 1.94. The summed E-state index contributed by atoms with van der Waals surface area (Å²) in [6.45, 7) is 0. The number of carbonyl (C=O) groups excluding carboxylic acids is 2. The van der Waals surface area contributed by atoms with Gasteiger partial charge in [0.05, 0.1) is 12.0 Å². The molecule has 1 aliphatic heterocycles. The predicted molar refractivity (Wildman–Crippen MR) is 68.9 cm³/mol. The molecule has 1 N–H and O–H groups in total. The topological polar surface area (TPSA) is 49.4 Å².